The Hall–Kier alpha value is -3.26. The fourth-order valence-electron chi connectivity index (χ4n) is 2.33. The van der Waals surface area contributed by atoms with E-state index in [2.05, 4.69) is 6.07 Å². The zero-order valence-electron chi connectivity index (χ0n) is 10.8. The molecule has 0 atom stereocenters. The second-order valence-electron chi connectivity index (χ2n) is 4.55. The molecule has 5 heteroatoms. The van der Waals surface area contributed by atoms with Gasteiger partial charge in [0.05, 0.1) is 22.3 Å². The maximum Gasteiger partial charge on any atom is 0.335 e. The Labute approximate surface area is 119 Å². The summed E-state index contributed by atoms with van der Waals surface area (Å²) < 4.78 is 1.79. The number of pyridine rings is 1. The smallest absolute Gasteiger partial charge is 0.335 e. The van der Waals surface area contributed by atoms with Gasteiger partial charge in [0.25, 0.3) is 0 Å². The number of carbonyl (C=O) groups is 1. The van der Waals surface area contributed by atoms with E-state index in [0.29, 0.717) is 16.8 Å². The van der Waals surface area contributed by atoms with Crippen LogP contribution in [0, 0.1) is 11.3 Å². The van der Waals surface area contributed by atoms with Crippen LogP contribution in [0.4, 0.5) is 0 Å². The quantitative estimate of drug-likeness (QED) is 0.754. The number of aromatic carboxylic acids is 1. The number of phenolic OH excluding ortho intramolecular Hbond substituents is 1. The van der Waals surface area contributed by atoms with Gasteiger partial charge in [-0.1, -0.05) is 6.07 Å². The summed E-state index contributed by atoms with van der Waals surface area (Å²) in [6.45, 7) is 0. The molecule has 5 nitrogen and oxygen atoms in total. The van der Waals surface area contributed by atoms with Gasteiger partial charge in [-0.15, -0.1) is 0 Å². The average Bonchev–Trinajstić information content (AvgIpc) is 2.86. The summed E-state index contributed by atoms with van der Waals surface area (Å²) in [4.78, 5) is 10.9. The first-order chi connectivity index (χ1) is 10.1. The number of fused-ring (bicyclic) bond motifs is 1. The van der Waals surface area contributed by atoms with Crippen LogP contribution in [-0.2, 0) is 0 Å². The second-order valence-corrected chi connectivity index (χ2v) is 4.55. The van der Waals surface area contributed by atoms with E-state index in [1.807, 2.05) is 18.2 Å². The number of aromatic nitrogens is 1. The van der Waals surface area contributed by atoms with E-state index in [1.54, 1.807) is 16.7 Å². The number of nitriles is 1. The fraction of sp³-hybridized carbons (Fsp3) is 0. The third kappa shape index (κ3) is 1.99. The topological polar surface area (TPSA) is 85.7 Å². The number of nitrogens with zero attached hydrogens (tertiary/aromatic N) is 2. The first-order valence-corrected chi connectivity index (χ1v) is 6.18. The number of benzene rings is 1. The molecule has 1 aromatic carbocycles. The molecule has 0 radical (unpaired) electrons. The zero-order chi connectivity index (χ0) is 15.0. The lowest BCUT2D eigenvalue weighted by Gasteiger charge is -2.06. The summed E-state index contributed by atoms with van der Waals surface area (Å²) in [5.41, 5.74) is 2.35. The largest absolute Gasteiger partial charge is 0.507 e. The van der Waals surface area contributed by atoms with Gasteiger partial charge >= 0.3 is 5.97 Å². The molecule has 0 saturated heterocycles. The molecular weight excluding hydrogens is 268 g/mol. The lowest BCUT2D eigenvalue weighted by Crippen LogP contribution is -1.96. The maximum absolute atomic E-state index is 10.9. The van der Waals surface area contributed by atoms with Crippen molar-refractivity contribution in [3.63, 3.8) is 0 Å². The van der Waals surface area contributed by atoms with Gasteiger partial charge in [0.1, 0.15) is 11.8 Å². The molecule has 2 N–H and O–H groups in total. The minimum absolute atomic E-state index is 0.0117. The highest BCUT2D eigenvalue weighted by molar-refractivity contribution is 5.90. The van der Waals surface area contributed by atoms with Crippen molar-refractivity contribution in [1.29, 1.82) is 5.26 Å². The molecular formula is C16H10N2O3. The Morgan fingerprint density at radius 1 is 1.19 bits per heavy atom. The van der Waals surface area contributed by atoms with Crippen LogP contribution < -0.4 is 0 Å². The Kier molecular flexibility index (Phi) is 2.85. The molecule has 0 fully saturated rings. The second kappa shape index (κ2) is 4.69. The summed E-state index contributed by atoms with van der Waals surface area (Å²) in [5.74, 6) is -1.24. The number of hydrogen-bond acceptors (Lipinski definition) is 3. The van der Waals surface area contributed by atoms with E-state index in [9.17, 15) is 15.2 Å². The van der Waals surface area contributed by atoms with Gasteiger partial charge in [-0.3, -0.25) is 0 Å². The molecule has 0 bridgehead atoms. The molecule has 3 aromatic rings. The SMILES string of the molecule is N#Cc1cc(-c2ccc(C(=O)O)cc2O)n2ccccc12. The van der Waals surface area contributed by atoms with E-state index in [1.165, 1.54) is 18.2 Å². The van der Waals surface area contributed by atoms with Gasteiger partial charge in [-0.25, -0.2) is 4.79 Å². The van der Waals surface area contributed by atoms with Crippen LogP contribution >= 0.6 is 0 Å². The van der Waals surface area contributed by atoms with Crippen LogP contribution in [0.1, 0.15) is 15.9 Å². The highest BCUT2D eigenvalue weighted by Gasteiger charge is 2.14. The van der Waals surface area contributed by atoms with E-state index in [-0.39, 0.29) is 11.3 Å². The van der Waals surface area contributed by atoms with Gasteiger partial charge < -0.3 is 14.6 Å². The Morgan fingerprint density at radius 3 is 2.67 bits per heavy atom. The van der Waals surface area contributed by atoms with Crippen molar-refractivity contribution >= 4 is 11.5 Å². The molecule has 102 valence electrons. The Balaban J connectivity index is 2.26. The molecule has 0 aliphatic rings. The number of aromatic hydroxyl groups is 1. The van der Waals surface area contributed by atoms with E-state index in [4.69, 9.17) is 5.11 Å². The van der Waals surface area contributed by atoms with Crippen molar-refractivity contribution in [2.45, 2.75) is 0 Å². The third-order valence-electron chi connectivity index (χ3n) is 3.32. The van der Waals surface area contributed by atoms with Crippen LogP contribution in [0.3, 0.4) is 0 Å². The van der Waals surface area contributed by atoms with E-state index >= 15 is 0 Å². The fourth-order valence-corrected chi connectivity index (χ4v) is 2.33. The van der Waals surface area contributed by atoms with Crippen molar-refractivity contribution in [2.75, 3.05) is 0 Å². The van der Waals surface area contributed by atoms with Gasteiger partial charge in [0.2, 0.25) is 0 Å². The maximum atomic E-state index is 10.9. The van der Waals surface area contributed by atoms with Gasteiger partial charge in [-0.2, -0.15) is 5.26 Å². The lowest BCUT2D eigenvalue weighted by atomic mass is 10.1. The molecule has 3 rings (SSSR count). The van der Waals surface area contributed by atoms with Crippen molar-refractivity contribution in [1.82, 2.24) is 4.40 Å². The van der Waals surface area contributed by atoms with Crippen molar-refractivity contribution < 1.29 is 15.0 Å². The monoisotopic (exact) mass is 278 g/mol. The molecule has 21 heavy (non-hydrogen) atoms. The Morgan fingerprint density at radius 2 is 2.00 bits per heavy atom. The van der Waals surface area contributed by atoms with Crippen molar-refractivity contribution in [2.24, 2.45) is 0 Å². The van der Waals surface area contributed by atoms with Gasteiger partial charge in [0.15, 0.2) is 0 Å². The molecule has 2 heterocycles. The molecule has 0 saturated carbocycles. The number of hydrogen-bond donors (Lipinski definition) is 2. The van der Waals surface area contributed by atoms with E-state index in [0.717, 1.165) is 5.52 Å². The summed E-state index contributed by atoms with van der Waals surface area (Å²) in [5, 5.41) is 28.2. The number of carboxylic acids is 1. The number of phenols is 1. The van der Waals surface area contributed by atoms with Gasteiger partial charge in [0, 0.05) is 11.8 Å². The third-order valence-corrected chi connectivity index (χ3v) is 3.32. The highest BCUT2D eigenvalue weighted by atomic mass is 16.4. The van der Waals surface area contributed by atoms with Crippen LogP contribution in [0.2, 0.25) is 0 Å². The molecule has 0 aliphatic carbocycles. The molecule has 0 amide bonds. The summed E-state index contributed by atoms with van der Waals surface area (Å²) in [6, 6.07) is 13.4. The van der Waals surface area contributed by atoms with Crippen LogP contribution in [0.15, 0.2) is 48.7 Å². The zero-order valence-corrected chi connectivity index (χ0v) is 10.8. The van der Waals surface area contributed by atoms with Crippen LogP contribution in [0.5, 0.6) is 5.75 Å². The highest BCUT2D eigenvalue weighted by Crippen LogP contribution is 2.33. The summed E-state index contributed by atoms with van der Waals surface area (Å²) in [7, 11) is 0. The first-order valence-electron chi connectivity index (χ1n) is 6.18. The minimum atomic E-state index is -1.10. The van der Waals surface area contributed by atoms with Crippen molar-refractivity contribution in [3.8, 4) is 23.1 Å². The van der Waals surface area contributed by atoms with Crippen LogP contribution in [0.25, 0.3) is 16.8 Å². The summed E-state index contributed by atoms with van der Waals surface area (Å²) in [6.07, 6.45) is 1.79. The Bertz CT molecular complexity index is 904. The first kappa shape index (κ1) is 12.8. The average molecular weight is 278 g/mol. The molecule has 2 aromatic heterocycles. The standard InChI is InChI=1S/C16H10N2O3/c17-9-11-7-14(18-6-2-1-3-13(11)18)12-5-4-10(16(20)21)8-15(12)19/h1-8,19H,(H,20,21). The van der Waals surface area contributed by atoms with E-state index < -0.39 is 5.97 Å². The van der Waals surface area contributed by atoms with Crippen LogP contribution in [-0.4, -0.2) is 20.6 Å². The van der Waals surface area contributed by atoms with Gasteiger partial charge in [-0.05, 0) is 36.4 Å². The number of carboxylic acid groups (broad SMARTS) is 1. The predicted molar refractivity (Wildman–Crippen MR) is 76.2 cm³/mol. The molecule has 0 spiro atoms. The minimum Gasteiger partial charge on any atom is -0.507 e. The molecule has 0 unspecified atom stereocenters. The summed E-state index contributed by atoms with van der Waals surface area (Å²) >= 11 is 0. The van der Waals surface area contributed by atoms with Crippen molar-refractivity contribution in [3.05, 3.63) is 59.8 Å². The predicted octanol–water partition coefficient (Wildman–Crippen LogP) is 2.88. The normalized spacial score (nSPS) is 10.4. The molecule has 0 aliphatic heterocycles. The number of rotatable bonds is 2. The lowest BCUT2D eigenvalue weighted by molar-refractivity contribution is 0.0696.